The molecule has 0 saturated carbocycles. The van der Waals surface area contributed by atoms with Crippen molar-refractivity contribution in [2.24, 2.45) is 0 Å². The van der Waals surface area contributed by atoms with E-state index in [4.69, 9.17) is 17.3 Å². The zero-order valence-electron chi connectivity index (χ0n) is 16.7. The molecule has 31 heavy (non-hydrogen) atoms. The van der Waals surface area contributed by atoms with E-state index in [2.05, 4.69) is 54.0 Å². The molecule has 1 aliphatic heterocycles. The highest BCUT2D eigenvalue weighted by Crippen LogP contribution is 2.40. The third-order valence-corrected chi connectivity index (χ3v) is 5.75. The van der Waals surface area contributed by atoms with Crippen LogP contribution in [-0.2, 0) is 0 Å². The summed E-state index contributed by atoms with van der Waals surface area (Å²) in [7, 11) is 0. The first-order chi connectivity index (χ1) is 15.2. The quantitative estimate of drug-likeness (QED) is 0.413. The fourth-order valence-electron chi connectivity index (χ4n) is 3.95. The molecule has 1 atom stereocenters. The van der Waals surface area contributed by atoms with Crippen LogP contribution in [0.3, 0.4) is 0 Å². The van der Waals surface area contributed by atoms with Crippen molar-refractivity contribution >= 4 is 28.8 Å². The Balaban J connectivity index is 1.69. The van der Waals surface area contributed by atoms with E-state index < -0.39 is 0 Å². The molecule has 0 amide bonds. The molecular formula is C22H21ClN8. The second-order valence-electron chi connectivity index (χ2n) is 7.41. The van der Waals surface area contributed by atoms with Gasteiger partial charge < -0.3 is 16.0 Å². The molecule has 1 fully saturated rings. The number of nitrogen functional groups attached to an aromatic ring is 1. The van der Waals surface area contributed by atoms with Gasteiger partial charge in [-0.15, -0.1) is 10.2 Å². The van der Waals surface area contributed by atoms with Gasteiger partial charge in [0.2, 0.25) is 5.82 Å². The van der Waals surface area contributed by atoms with Gasteiger partial charge in [-0.05, 0) is 65.7 Å². The first kappa shape index (κ1) is 19.5. The normalized spacial score (nSPS) is 15.8. The maximum atomic E-state index is 6.58. The number of tetrazole rings is 1. The zero-order valence-corrected chi connectivity index (χ0v) is 17.4. The van der Waals surface area contributed by atoms with E-state index in [0.717, 1.165) is 47.6 Å². The highest BCUT2D eigenvalue weighted by Gasteiger charge is 2.29. The van der Waals surface area contributed by atoms with Crippen molar-refractivity contribution in [3.8, 4) is 22.5 Å². The number of hydrogen-bond acceptors (Lipinski definition) is 7. The molecule has 0 spiro atoms. The van der Waals surface area contributed by atoms with Gasteiger partial charge in [-0.1, -0.05) is 29.8 Å². The van der Waals surface area contributed by atoms with Crippen molar-refractivity contribution in [2.45, 2.75) is 12.5 Å². The Bertz CT molecular complexity index is 1170. The van der Waals surface area contributed by atoms with Crippen molar-refractivity contribution in [3.63, 3.8) is 0 Å². The molecule has 3 heterocycles. The van der Waals surface area contributed by atoms with Gasteiger partial charge >= 0.3 is 0 Å². The van der Waals surface area contributed by atoms with E-state index in [9.17, 15) is 0 Å². The summed E-state index contributed by atoms with van der Waals surface area (Å²) in [6.07, 6.45) is 2.73. The Morgan fingerprint density at radius 3 is 2.61 bits per heavy atom. The molecule has 0 unspecified atom stereocenters. The smallest absolute Gasteiger partial charge is 0.206 e. The highest BCUT2D eigenvalue weighted by molar-refractivity contribution is 6.33. The minimum atomic E-state index is 0.195. The summed E-state index contributed by atoms with van der Waals surface area (Å²) in [4.78, 5) is 6.78. The summed E-state index contributed by atoms with van der Waals surface area (Å²) in [5.74, 6) is 1.22. The second kappa shape index (κ2) is 8.33. The van der Waals surface area contributed by atoms with E-state index in [1.807, 2.05) is 36.4 Å². The maximum absolute atomic E-state index is 6.58. The average Bonchev–Trinajstić information content (AvgIpc) is 3.51. The molecular weight excluding hydrogens is 412 g/mol. The van der Waals surface area contributed by atoms with Gasteiger partial charge in [0, 0.05) is 30.0 Å². The first-order valence-electron chi connectivity index (χ1n) is 10.0. The number of nitrogens with one attached hydrogen (secondary N) is 2. The van der Waals surface area contributed by atoms with Crippen LogP contribution in [0.4, 0.5) is 17.2 Å². The van der Waals surface area contributed by atoms with Crippen LogP contribution in [0.5, 0.6) is 0 Å². The predicted molar refractivity (Wildman–Crippen MR) is 122 cm³/mol. The minimum absolute atomic E-state index is 0.195. The fourth-order valence-corrected chi connectivity index (χ4v) is 4.17. The summed E-state index contributed by atoms with van der Waals surface area (Å²) in [5, 5.41) is 18.9. The molecule has 4 aromatic rings. The number of aromatic amines is 1. The van der Waals surface area contributed by atoms with Crippen LogP contribution in [0, 0.1) is 0 Å². The molecule has 2 aromatic carbocycles. The Kier molecular flexibility index (Phi) is 5.23. The standard InChI is InChI=1S/C22H21ClN8/c23-19-2-1-10-26-22(19)31(17-9-11-25-13-17)20-8-5-15(14-3-6-16(24)7-4-14)12-18(20)21-27-29-30-28-21/h1-8,10,12,17,25H,9,11,13,24H2,(H,27,28,29,30)/t17-/m1/s1. The number of halogens is 1. The Hall–Kier alpha value is -3.49. The summed E-state index contributed by atoms with van der Waals surface area (Å²) in [6.45, 7) is 1.77. The molecule has 0 bridgehead atoms. The second-order valence-corrected chi connectivity index (χ2v) is 7.82. The Labute approximate surface area is 184 Å². The third kappa shape index (κ3) is 3.83. The molecule has 0 aliphatic carbocycles. The van der Waals surface area contributed by atoms with Crippen LogP contribution in [0.2, 0.25) is 5.02 Å². The molecule has 1 saturated heterocycles. The number of benzene rings is 2. The van der Waals surface area contributed by atoms with Crippen LogP contribution in [0.1, 0.15) is 6.42 Å². The monoisotopic (exact) mass is 432 g/mol. The van der Waals surface area contributed by atoms with Gasteiger partial charge in [0.1, 0.15) is 0 Å². The van der Waals surface area contributed by atoms with Gasteiger partial charge in [0.25, 0.3) is 0 Å². The lowest BCUT2D eigenvalue weighted by Crippen LogP contribution is -2.34. The van der Waals surface area contributed by atoms with E-state index in [-0.39, 0.29) is 6.04 Å². The van der Waals surface area contributed by atoms with Crippen LogP contribution in [-0.4, -0.2) is 44.7 Å². The van der Waals surface area contributed by atoms with Gasteiger partial charge in [0.05, 0.1) is 10.7 Å². The van der Waals surface area contributed by atoms with E-state index in [1.54, 1.807) is 6.20 Å². The number of aromatic nitrogens is 5. The fraction of sp³-hybridized carbons (Fsp3) is 0.182. The Morgan fingerprint density at radius 1 is 1.06 bits per heavy atom. The van der Waals surface area contributed by atoms with E-state index >= 15 is 0 Å². The number of H-pyrrole nitrogens is 1. The molecule has 2 aromatic heterocycles. The van der Waals surface area contributed by atoms with E-state index in [1.165, 1.54) is 0 Å². The van der Waals surface area contributed by atoms with Crippen LogP contribution >= 0.6 is 11.6 Å². The highest BCUT2D eigenvalue weighted by atomic mass is 35.5. The maximum Gasteiger partial charge on any atom is 0.206 e. The molecule has 1 aliphatic rings. The lowest BCUT2D eigenvalue weighted by Gasteiger charge is -2.32. The topological polar surface area (TPSA) is 109 Å². The van der Waals surface area contributed by atoms with Gasteiger partial charge in [0.15, 0.2) is 5.82 Å². The summed E-state index contributed by atoms with van der Waals surface area (Å²) in [5.41, 5.74) is 10.4. The summed E-state index contributed by atoms with van der Waals surface area (Å²) in [6, 6.07) is 17.9. The number of rotatable bonds is 5. The number of hydrogen-bond donors (Lipinski definition) is 3. The van der Waals surface area contributed by atoms with Crippen molar-refractivity contribution < 1.29 is 0 Å². The molecule has 156 valence electrons. The number of anilines is 3. The van der Waals surface area contributed by atoms with Crippen LogP contribution in [0.25, 0.3) is 22.5 Å². The molecule has 8 nitrogen and oxygen atoms in total. The molecule has 9 heteroatoms. The minimum Gasteiger partial charge on any atom is -0.399 e. The van der Waals surface area contributed by atoms with Gasteiger partial charge in [-0.3, -0.25) is 0 Å². The van der Waals surface area contributed by atoms with Crippen molar-refractivity contribution in [3.05, 3.63) is 65.8 Å². The van der Waals surface area contributed by atoms with Gasteiger partial charge in [-0.25, -0.2) is 4.98 Å². The summed E-state index contributed by atoms with van der Waals surface area (Å²) >= 11 is 6.58. The van der Waals surface area contributed by atoms with Crippen molar-refractivity contribution in [1.82, 2.24) is 30.9 Å². The largest absolute Gasteiger partial charge is 0.399 e. The van der Waals surface area contributed by atoms with Gasteiger partial charge in [-0.2, -0.15) is 5.21 Å². The Morgan fingerprint density at radius 2 is 1.90 bits per heavy atom. The number of nitrogens with two attached hydrogens (primary N) is 1. The first-order valence-corrected chi connectivity index (χ1v) is 10.4. The zero-order chi connectivity index (χ0) is 21.2. The van der Waals surface area contributed by atoms with E-state index in [0.29, 0.717) is 16.7 Å². The van der Waals surface area contributed by atoms with Crippen molar-refractivity contribution in [1.29, 1.82) is 0 Å². The predicted octanol–water partition coefficient (Wildman–Crippen LogP) is 3.66. The molecule has 4 N–H and O–H groups in total. The average molecular weight is 433 g/mol. The van der Waals surface area contributed by atoms with Crippen LogP contribution in [0.15, 0.2) is 60.8 Å². The lowest BCUT2D eigenvalue weighted by atomic mass is 9.99. The third-order valence-electron chi connectivity index (χ3n) is 5.45. The number of nitrogens with zero attached hydrogens (tertiary/aromatic N) is 5. The SMILES string of the molecule is Nc1ccc(-c2ccc(N(c3ncccc3Cl)[C@@H]3CCNC3)c(-c3nn[nH]n3)c2)cc1. The van der Waals surface area contributed by atoms with Crippen LogP contribution < -0.4 is 16.0 Å². The lowest BCUT2D eigenvalue weighted by molar-refractivity contribution is 0.705. The number of pyridine rings is 1. The van der Waals surface area contributed by atoms with Crippen molar-refractivity contribution in [2.75, 3.05) is 23.7 Å². The molecule has 0 radical (unpaired) electrons. The summed E-state index contributed by atoms with van der Waals surface area (Å²) < 4.78 is 0. The molecule has 5 rings (SSSR count).